The first-order valence-corrected chi connectivity index (χ1v) is 9.88. The van der Waals surface area contributed by atoms with Gasteiger partial charge in [0, 0.05) is 11.1 Å². The van der Waals surface area contributed by atoms with Crippen molar-refractivity contribution >= 4 is 0 Å². The summed E-state index contributed by atoms with van der Waals surface area (Å²) in [5.74, 6) is 1.34. The molecular weight excluding hydrogens is 366 g/mol. The van der Waals surface area contributed by atoms with Gasteiger partial charge in [-0.05, 0) is 34.4 Å². The molecule has 0 unspecified atom stereocenters. The molecule has 5 rings (SSSR count). The van der Waals surface area contributed by atoms with Crippen LogP contribution in [-0.4, -0.2) is 15.0 Å². The van der Waals surface area contributed by atoms with Gasteiger partial charge in [0.25, 0.3) is 0 Å². The molecule has 0 spiro atoms. The number of nitrogens with zero attached hydrogens (tertiary/aromatic N) is 3. The molecule has 30 heavy (non-hydrogen) atoms. The summed E-state index contributed by atoms with van der Waals surface area (Å²) in [5, 5.41) is 0. The lowest BCUT2D eigenvalue weighted by Gasteiger charge is -2.12. The summed E-state index contributed by atoms with van der Waals surface area (Å²) in [6, 6.07) is 37.2. The zero-order valence-corrected chi connectivity index (χ0v) is 16.3. The molecule has 4 aromatic carbocycles. The number of hydrogen-bond acceptors (Lipinski definition) is 3. The maximum atomic E-state index is 4.78. The van der Waals surface area contributed by atoms with E-state index in [9.17, 15) is 0 Å². The van der Waals surface area contributed by atoms with Crippen molar-refractivity contribution in [2.75, 3.05) is 0 Å². The Kier molecular flexibility index (Phi) is 4.84. The molecule has 3 nitrogen and oxygen atoms in total. The number of aromatic nitrogens is 3. The van der Waals surface area contributed by atoms with Gasteiger partial charge < -0.3 is 0 Å². The smallest absolute Gasteiger partial charge is 0.163 e. The van der Waals surface area contributed by atoms with Crippen LogP contribution in [0.4, 0.5) is 0 Å². The van der Waals surface area contributed by atoms with E-state index in [0.29, 0.717) is 11.6 Å². The molecule has 0 fully saturated rings. The second-order valence-corrected chi connectivity index (χ2v) is 6.99. The van der Waals surface area contributed by atoms with E-state index in [-0.39, 0.29) is 0 Å². The summed E-state index contributed by atoms with van der Waals surface area (Å²) >= 11 is 0. The molecule has 0 saturated carbocycles. The molecule has 0 atom stereocenters. The lowest BCUT2D eigenvalue weighted by Crippen LogP contribution is -1.97. The Balaban J connectivity index is 1.67. The first-order chi connectivity index (χ1) is 14.9. The van der Waals surface area contributed by atoms with Crippen LogP contribution >= 0.6 is 0 Å². The van der Waals surface area contributed by atoms with Crippen LogP contribution in [0.15, 0.2) is 116 Å². The average molecular weight is 385 g/mol. The van der Waals surface area contributed by atoms with Crippen molar-refractivity contribution in [3.05, 3.63) is 116 Å². The quantitative estimate of drug-likeness (QED) is 0.352. The van der Waals surface area contributed by atoms with Crippen LogP contribution in [0.2, 0.25) is 0 Å². The van der Waals surface area contributed by atoms with Crippen LogP contribution in [0.3, 0.4) is 0 Å². The summed E-state index contributed by atoms with van der Waals surface area (Å²) < 4.78 is 0. The lowest BCUT2D eigenvalue weighted by molar-refractivity contribution is 1.07. The van der Waals surface area contributed by atoms with E-state index in [1.807, 2.05) is 42.5 Å². The second kappa shape index (κ2) is 8.10. The van der Waals surface area contributed by atoms with E-state index in [1.54, 1.807) is 6.33 Å². The average Bonchev–Trinajstić information content (AvgIpc) is 2.85. The molecule has 0 saturated heterocycles. The number of rotatable bonds is 4. The fourth-order valence-electron chi connectivity index (χ4n) is 3.56. The third-order valence-corrected chi connectivity index (χ3v) is 5.06. The van der Waals surface area contributed by atoms with Gasteiger partial charge in [0.15, 0.2) is 11.6 Å². The molecule has 0 aliphatic rings. The van der Waals surface area contributed by atoms with Gasteiger partial charge in [0.1, 0.15) is 6.33 Å². The van der Waals surface area contributed by atoms with Crippen molar-refractivity contribution in [2.45, 2.75) is 0 Å². The minimum Gasteiger partial charge on any atom is -0.217 e. The number of hydrogen-bond donors (Lipinski definition) is 0. The SMILES string of the molecule is c1ccc(-c2ccc(-c3ncnc(-c4ccccc4)n3)c(-c3ccccc3)c2)cc1. The fraction of sp³-hybridized carbons (Fsp3) is 0. The fourth-order valence-corrected chi connectivity index (χ4v) is 3.56. The highest BCUT2D eigenvalue weighted by Crippen LogP contribution is 2.34. The summed E-state index contributed by atoms with van der Waals surface area (Å²) in [7, 11) is 0. The Labute approximate surface area is 175 Å². The standard InChI is InChI=1S/C27H19N3/c1-4-10-20(11-5-1)23-16-17-24(25(18-23)21-12-6-2-7-13-21)27-29-19-28-26(30-27)22-14-8-3-9-15-22/h1-19H. The largest absolute Gasteiger partial charge is 0.217 e. The molecule has 0 bridgehead atoms. The van der Waals surface area contributed by atoms with Crippen LogP contribution in [0.5, 0.6) is 0 Å². The van der Waals surface area contributed by atoms with Gasteiger partial charge in [0.2, 0.25) is 0 Å². The molecule has 0 radical (unpaired) electrons. The molecule has 3 heteroatoms. The molecule has 1 heterocycles. The first kappa shape index (κ1) is 18.0. The van der Waals surface area contributed by atoms with E-state index in [2.05, 4.69) is 76.7 Å². The van der Waals surface area contributed by atoms with Crippen LogP contribution in [0.1, 0.15) is 0 Å². The predicted octanol–water partition coefficient (Wildman–Crippen LogP) is 6.54. The third kappa shape index (κ3) is 3.61. The van der Waals surface area contributed by atoms with Crippen molar-refractivity contribution in [3.63, 3.8) is 0 Å². The Morgan fingerprint density at radius 1 is 0.400 bits per heavy atom. The highest BCUT2D eigenvalue weighted by molar-refractivity contribution is 5.85. The van der Waals surface area contributed by atoms with Crippen LogP contribution in [0, 0.1) is 0 Å². The third-order valence-electron chi connectivity index (χ3n) is 5.06. The highest BCUT2D eigenvalue weighted by Gasteiger charge is 2.13. The molecule has 0 aliphatic carbocycles. The van der Waals surface area contributed by atoms with Crippen molar-refractivity contribution < 1.29 is 0 Å². The Morgan fingerprint density at radius 3 is 1.63 bits per heavy atom. The molecule has 0 N–H and O–H groups in total. The Hall–Kier alpha value is -4.11. The van der Waals surface area contributed by atoms with E-state index >= 15 is 0 Å². The van der Waals surface area contributed by atoms with E-state index in [1.165, 1.54) is 5.56 Å². The van der Waals surface area contributed by atoms with Crippen LogP contribution in [0.25, 0.3) is 45.0 Å². The number of benzene rings is 4. The zero-order chi connectivity index (χ0) is 20.2. The summed E-state index contributed by atoms with van der Waals surface area (Å²) in [6.45, 7) is 0. The van der Waals surface area contributed by atoms with E-state index in [0.717, 1.165) is 27.8 Å². The second-order valence-electron chi connectivity index (χ2n) is 6.99. The maximum absolute atomic E-state index is 4.78. The van der Waals surface area contributed by atoms with Gasteiger partial charge in [-0.3, -0.25) is 0 Å². The highest BCUT2D eigenvalue weighted by atomic mass is 15.0. The lowest BCUT2D eigenvalue weighted by atomic mass is 9.94. The monoisotopic (exact) mass is 385 g/mol. The van der Waals surface area contributed by atoms with Gasteiger partial charge in [-0.2, -0.15) is 0 Å². The van der Waals surface area contributed by atoms with Gasteiger partial charge >= 0.3 is 0 Å². The van der Waals surface area contributed by atoms with Gasteiger partial charge in [-0.25, -0.2) is 15.0 Å². The van der Waals surface area contributed by atoms with Crippen molar-refractivity contribution in [2.24, 2.45) is 0 Å². The minimum atomic E-state index is 0.669. The zero-order valence-electron chi connectivity index (χ0n) is 16.3. The van der Waals surface area contributed by atoms with Crippen LogP contribution < -0.4 is 0 Å². The molecule has 5 aromatic rings. The minimum absolute atomic E-state index is 0.669. The Morgan fingerprint density at radius 2 is 0.967 bits per heavy atom. The topological polar surface area (TPSA) is 38.7 Å². The van der Waals surface area contributed by atoms with Gasteiger partial charge in [0.05, 0.1) is 0 Å². The van der Waals surface area contributed by atoms with Gasteiger partial charge in [-0.1, -0.05) is 97.1 Å². The van der Waals surface area contributed by atoms with Gasteiger partial charge in [-0.15, -0.1) is 0 Å². The van der Waals surface area contributed by atoms with Crippen molar-refractivity contribution in [3.8, 4) is 45.0 Å². The first-order valence-electron chi connectivity index (χ1n) is 9.88. The molecule has 0 amide bonds. The van der Waals surface area contributed by atoms with Crippen molar-refractivity contribution in [1.82, 2.24) is 15.0 Å². The van der Waals surface area contributed by atoms with Crippen molar-refractivity contribution in [1.29, 1.82) is 0 Å². The molecular formula is C27H19N3. The Bertz CT molecular complexity index is 1270. The summed E-state index contributed by atoms with van der Waals surface area (Å²) in [5.41, 5.74) is 6.54. The van der Waals surface area contributed by atoms with Crippen LogP contribution in [-0.2, 0) is 0 Å². The van der Waals surface area contributed by atoms with E-state index < -0.39 is 0 Å². The maximum Gasteiger partial charge on any atom is 0.163 e. The molecule has 0 aliphatic heterocycles. The summed E-state index contributed by atoms with van der Waals surface area (Å²) in [4.78, 5) is 13.7. The normalized spacial score (nSPS) is 10.7. The molecule has 1 aromatic heterocycles. The predicted molar refractivity (Wildman–Crippen MR) is 122 cm³/mol. The molecule has 142 valence electrons. The summed E-state index contributed by atoms with van der Waals surface area (Å²) in [6.07, 6.45) is 1.59. The van der Waals surface area contributed by atoms with E-state index in [4.69, 9.17) is 4.98 Å².